The van der Waals surface area contributed by atoms with Crippen LogP contribution in [0.5, 0.6) is 0 Å². The molecule has 0 aliphatic rings. The number of likely N-dealkylation sites (N-methyl/N-ethyl adjacent to an activating group) is 1. The highest BCUT2D eigenvalue weighted by atomic mass is 16.7. The first-order chi connectivity index (χ1) is 40.6. The molecular weight excluding hydrogens is 1030 g/mol. The Labute approximate surface area is 512 Å². The van der Waals surface area contributed by atoms with Crippen molar-refractivity contribution in [1.29, 1.82) is 0 Å². The maximum atomic E-state index is 12.9. The number of ether oxygens (including phenoxy) is 4. The standard InChI is InChI=1S/C74H131NO8/c1-6-8-10-12-14-16-18-20-22-24-26-28-29-30-31-32-33-34-35-36-37-38-39-40-41-42-43-45-47-49-51-53-55-57-59-61-63-65-72(77)83-70(69-82-74(73(78)79)80-67-66-75(3,4)5)68-81-71(76)64-62-60-58-56-54-52-50-48-46-44-27-25-23-21-19-17-15-13-11-9-7-2/h8,10,14,16,20,22,25-28,30-31,33-34,70,74H,6-7,9,11-13,15,17-19,21,23-24,29,32,35-69H2,1-5H3/b10-8-,16-14-,22-20-,27-25-,28-26-,31-30-,34-33-. The molecule has 0 bridgehead atoms. The van der Waals surface area contributed by atoms with Gasteiger partial charge in [0.15, 0.2) is 12.4 Å². The third-order valence-electron chi connectivity index (χ3n) is 15.1. The fraction of sp³-hybridized carbons (Fsp3) is 0.770. The van der Waals surface area contributed by atoms with E-state index in [1.807, 2.05) is 21.1 Å². The number of carboxylic acids is 1. The first-order valence-electron chi connectivity index (χ1n) is 34.7. The van der Waals surface area contributed by atoms with E-state index in [4.69, 9.17) is 18.9 Å². The van der Waals surface area contributed by atoms with Gasteiger partial charge in [0, 0.05) is 12.8 Å². The number of hydrogen-bond acceptors (Lipinski definition) is 8. The van der Waals surface area contributed by atoms with Gasteiger partial charge in [0.1, 0.15) is 13.2 Å². The molecule has 0 aromatic rings. The monoisotopic (exact) mass is 1160 g/mol. The molecule has 9 nitrogen and oxygen atoms in total. The van der Waals surface area contributed by atoms with Gasteiger partial charge in [0.25, 0.3) is 0 Å². The molecule has 0 aromatic carbocycles. The van der Waals surface area contributed by atoms with Gasteiger partial charge in [-0.3, -0.25) is 9.59 Å². The van der Waals surface area contributed by atoms with Crippen LogP contribution >= 0.6 is 0 Å². The number of carbonyl (C=O) groups is 3. The lowest BCUT2D eigenvalue weighted by Gasteiger charge is -2.26. The highest BCUT2D eigenvalue weighted by molar-refractivity contribution is 5.70. The number of allylic oxidation sites excluding steroid dienone is 14. The average Bonchev–Trinajstić information content (AvgIpc) is 3.46. The molecule has 0 aliphatic carbocycles. The molecule has 0 rings (SSSR count). The fourth-order valence-electron chi connectivity index (χ4n) is 9.83. The van der Waals surface area contributed by atoms with Crippen molar-refractivity contribution >= 4 is 17.9 Å². The molecule has 0 aliphatic heterocycles. The van der Waals surface area contributed by atoms with Crippen molar-refractivity contribution in [2.45, 2.75) is 322 Å². The number of esters is 2. The van der Waals surface area contributed by atoms with E-state index < -0.39 is 24.3 Å². The lowest BCUT2D eigenvalue weighted by atomic mass is 10.0. The van der Waals surface area contributed by atoms with Crippen molar-refractivity contribution in [2.75, 3.05) is 47.5 Å². The van der Waals surface area contributed by atoms with Crippen molar-refractivity contribution in [3.63, 3.8) is 0 Å². The molecule has 480 valence electrons. The second kappa shape index (κ2) is 64.5. The van der Waals surface area contributed by atoms with Gasteiger partial charge in [-0.2, -0.15) is 0 Å². The number of rotatable bonds is 64. The van der Waals surface area contributed by atoms with E-state index in [2.05, 4.69) is 98.9 Å². The topological polar surface area (TPSA) is 111 Å². The molecule has 0 amide bonds. The van der Waals surface area contributed by atoms with Crippen LogP contribution in [-0.4, -0.2) is 82.3 Å². The van der Waals surface area contributed by atoms with E-state index >= 15 is 0 Å². The molecule has 0 fully saturated rings. The van der Waals surface area contributed by atoms with Crippen LogP contribution in [0.4, 0.5) is 0 Å². The summed E-state index contributed by atoms with van der Waals surface area (Å²) in [6.07, 6.45) is 83.8. The Morgan fingerprint density at radius 1 is 0.373 bits per heavy atom. The van der Waals surface area contributed by atoms with E-state index in [9.17, 15) is 19.5 Å². The van der Waals surface area contributed by atoms with Gasteiger partial charge in [0.2, 0.25) is 0 Å². The number of unbranched alkanes of at least 4 members (excludes halogenated alkanes) is 35. The summed E-state index contributed by atoms with van der Waals surface area (Å²) < 4.78 is 22.8. The Morgan fingerprint density at radius 3 is 1.04 bits per heavy atom. The fourth-order valence-corrected chi connectivity index (χ4v) is 9.83. The second-order valence-electron chi connectivity index (χ2n) is 24.4. The molecule has 0 aromatic heterocycles. The minimum Gasteiger partial charge on any atom is -0.545 e. The molecule has 0 N–H and O–H groups in total. The van der Waals surface area contributed by atoms with Crippen molar-refractivity contribution in [3.05, 3.63) is 85.1 Å². The van der Waals surface area contributed by atoms with Crippen molar-refractivity contribution in [2.24, 2.45) is 0 Å². The van der Waals surface area contributed by atoms with Gasteiger partial charge in [-0.1, -0.05) is 292 Å². The first kappa shape index (κ1) is 79.5. The molecule has 2 atom stereocenters. The van der Waals surface area contributed by atoms with E-state index in [1.54, 1.807) is 0 Å². The summed E-state index contributed by atoms with van der Waals surface area (Å²) in [6.45, 7) is 4.67. The Balaban J connectivity index is 4.06. The number of hydrogen-bond donors (Lipinski definition) is 0. The molecule has 83 heavy (non-hydrogen) atoms. The molecule has 0 spiro atoms. The van der Waals surface area contributed by atoms with Gasteiger partial charge < -0.3 is 33.3 Å². The van der Waals surface area contributed by atoms with Crippen LogP contribution < -0.4 is 5.11 Å². The summed E-state index contributed by atoms with van der Waals surface area (Å²) in [6, 6.07) is 0. The minimum atomic E-state index is -1.62. The van der Waals surface area contributed by atoms with Gasteiger partial charge in [0.05, 0.1) is 40.3 Å². The number of quaternary nitrogens is 1. The van der Waals surface area contributed by atoms with E-state index in [-0.39, 0.29) is 32.2 Å². The van der Waals surface area contributed by atoms with Crippen molar-refractivity contribution in [3.8, 4) is 0 Å². The maximum absolute atomic E-state index is 12.9. The largest absolute Gasteiger partial charge is 0.545 e. The number of carboxylic acid groups (broad SMARTS) is 1. The minimum absolute atomic E-state index is 0.147. The quantitative estimate of drug-likeness (QED) is 0.0195. The zero-order valence-electron chi connectivity index (χ0n) is 54.8. The van der Waals surface area contributed by atoms with Gasteiger partial charge in [-0.25, -0.2) is 0 Å². The molecule has 9 heteroatoms. The summed E-state index contributed by atoms with van der Waals surface area (Å²) in [4.78, 5) is 37.5. The lowest BCUT2D eigenvalue weighted by Crippen LogP contribution is -2.44. The summed E-state index contributed by atoms with van der Waals surface area (Å²) in [5.74, 6) is -2.27. The van der Waals surface area contributed by atoms with Gasteiger partial charge >= 0.3 is 11.9 Å². The van der Waals surface area contributed by atoms with Crippen LogP contribution in [0.1, 0.15) is 309 Å². The zero-order valence-corrected chi connectivity index (χ0v) is 54.8. The van der Waals surface area contributed by atoms with Gasteiger partial charge in [-0.15, -0.1) is 0 Å². The third-order valence-corrected chi connectivity index (χ3v) is 15.1. The maximum Gasteiger partial charge on any atom is 0.306 e. The molecule has 0 saturated carbocycles. The van der Waals surface area contributed by atoms with E-state index in [1.165, 1.54) is 205 Å². The Morgan fingerprint density at radius 2 is 0.687 bits per heavy atom. The van der Waals surface area contributed by atoms with E-state index in [0.29, 0.717) is 23.9 Å². The average molecular weight is 1160 g/mol. The number of carbonyl (C=O) groups excluding carboxylic acids is 3. The normalized spacial score (nSPS) is 13.2. The smallest absolute Gasteiger partial charge is 0.306 e. The van der Waals surface area contributed by atoms with Crippen LogP contribution in [0.3, 0.4) is 0 Å². The van der Waals surface area contributed by atoms with Gasteiger partial charge in [-0.05, 0) is 89.9 Å². The summed E-state index contributed by atoms with van der Waals surface area (Å²) in [5, 5.41) is 11.8. The Bertz CT molecular complexity index is 1640. The summed E-state index contributed by atoms with van der Waals surface area (Å²) >= 11 is 0. The first-order valence-corrected chi connectivity index (χ1v) is 34.7. The SMILES string of the molecule is CC/C=C\C/C=C\C/C=C\C/C=C\C/C=C\C/C=C\CCCCCCCCCCCCCCCCCCCCC(=O)OC(COC(=O)CCCCCCCCCCC/C=C\CCCCCCCCCC)COC(OCC[N+](C)(C)C)C(=O)[O-]. The predicted octanol–water partition coefficient (Wildman–Crippen LogP) is 20.1. The number of nitrogens with zero attached hydrogens (tertiary/aromatic N) is 1. The highest BCUT2D eigenvalue weighted by Gasteiger charge is 2.22. The zero-order chi connectivity index (χ0) is 60.5. The molecule has 0 saturated heterocycles. The van der Waals surface area contributed by atoms with E-state index in [0.717, 1.165) is 70.6 Å². The second-order valence-corrected chi connectivity index (χ2v) is 24.4. The molecule has 0 radical (unpaired) electrons. The third kappa shape index (κ3) is 65.9. The predicted molar refractivity (Wildman–Crippen MR) is 352 cm³/mol. The summed E-state index contributed by atoms with van der Waals surface area (Å²) in [5.41, 5.74) is 0. The highest BCUT2D eigenvalue weighted by Crippen LogP contribution is 2.17. The van der Waals surface area contributed by atoms with Crippen LogP contribution in [0, 0.1) is 0 Å². The van der Waals surface area contributed by atoms with Crippen LogP contribution in [0.2, 0.25) is 0 Å². The van der Waals surface area contributed by atoms with Crippen molar-refractivity contribution in [1.82, 2.24) is 0 Å². The molecular formula is C74H131NO8. The van der Waals surface area contributed by atoms with Crippen molar-refractivity contribution < 1.29 is 42.9 Å². The molecule has 2 unspecified atom stereocenters. The van der Waals surface area contributed by atoms with Crippen LogP contribution in [-0.2, 0) is 33.3 Å². The summed E-state index contributed by atoms with van der Waals surface area (Å²) in [7, 11) is 5.93. The van der Waals surface area contributed by atoms with Crippen LogP contribution in [0.25, 0.3) is 0 Å². The number of aliphatic carboxylic acids is 1. The van der Waals surface area contributed by atoms with Crippen LogP contribution in [0.15, 0.2) is 85.1 Å². The lowest BCUT2D eigenvalue weighted by molar-refractivity contribution is -0.870. The Kier molecular flexibility index (Phi) is 61.7. The molecule has 0 heterocycles. The Hall–Kier alpha value is -3.53.